The third kappa shape index (κ3) is 1.88. The van der Waals surface area contributed by atoms with E-state index in [1.54, 1.807) is 0 Å². The number of rotatable bonds is 3. The fourth-order valence-corrected chi connectivity index (χ4v) is 2.24. The lowest BCUT2D eigenvalue weighted by molar-refractivity contribution is 0.0765. The average molecular weight is 245 g/mol. The van der Waals surface area contributed by atoms with Gasteiger partial charge in [0.15, 0.2) is 0 Å². The van der Waals surface area contributed by atoms with Gasteiger partial charge in [0.25, 0.3) is 5.91 Å². The van der Waals surface area contributed by atoms with Crippen LogP contribution in [0.4, 0.5) is 0 Å². The molecule has 0 saturated heterocycles. The van der Waals surface area contributed by atoms with E-state index in [2.05, 4.69) is 4.98 Å². The Kier molecular flexibility index (Phi) is 3.36. The highest BCUT2D eigenvalue weighted by Gasteiger charge is 2.20. The molecule has 0 aliphatic carbocycles. The van der Waals surface area contributed by atoms with Gasteiger partial charge in [0.05, 0.1) is 5.69 Å². The first kappa shape index (κ1) is 12.6. The number of carbonyl (C=O) groups is 1. The van der Waals surface area contributed by atoms with E-state index in [0.29, 0.717) is 18.8 Å². The van der Waals surface area contributed by atoms with E-state index >= 15 is 0 Å². The predicted octanol–water partition coefficient (Wildman–Crippen LogP) is 2.43. The van der Waals surface area contributed by atoms with Crippen molar-refractivity contribution < 1.29 is 4.79 Å². The summed E-state index contributed by atoms with van der Waals surface area (Å²) in [5, 5.41) is 0. The molecule has 0 aromatic carbocycles. The number of hydrogen-bond donors (Lipinski definition) is 0. The van der Waals surface area contributed by atoms with Crippen molar-refractivity contribution in [3.8, 4) is 0 Å². The van der Waals surface area contributed by atoms with Gasteiger partial charge >= 0.3 is 0 Å². The Morgan fingerprint density at radius 2 is 2.00 bits per heavy atom. The summed E-state index contributed by atoms with van der Waals surface area (Å²) in [5.74, 6) is 0.0515. The smallest absolute Gasteiger partial charge is 0.272 e. The van der Waals surface area contributed by atoms with Crippen molar-refractivity contribution in [1.82, 2.24) is 14.3 Å². The van der Waals surface area contributed by atoms with Crippen LogP contribution in [-0.2, 0) is 0 Å². The molecule has 0 fully saturated rings. The molecule has 18 heavy (non-hydrogen) atoms. The number of amides is 1. The molecule has 4 nitrogen and oxygen atoms in total. The third-order valence-electron chi connectivity index (χ3n) is 3.27. The number of carbonyl (C=O) groups excluding carboxylic acids is 1. The van der Waals surface area contributed by atoms with Crippen molar-refractivity contribution in [3.05, 3.63) is 35.3 Å². The van der Waals surface area contributed by atoms with Gasteiger partial charge in [-0.15, -0.1) is 0 Å². The minimum absolute atomic E-state index is 0.0515. The van der Waals surface area contributed by atoms with Gasteiger partial charge in [-0.05, 0) is 39.3 Å². The quantitative estimate of drug-likeness (QED) is 0.833. The molecule has 0 N–H and O–H groups in total. The molecule has 96 valence electrons. The first-order valence-electron chi connectivity index (χ1n) is 6.33. The summed E-state index contributed by atoms with van der Waals surface area (Å²) in [5.41, 5.74) is 3.42. The Balaban J connectivity index is 2.61. The van der Waals surface area contributed by atoms with Crippen LogP contribution in [-0.4, -0.2) is 33.3 Å². The number of hydrogen-bond acceptors (Lipinski definition) is 2. The van der Waals surface area contributed by atoms with Crippen molar-refractivity contribution in [2.75, 3.05) is 13.1 Å². The van der Waals surface area contributed by atoms with Gasteiger partial charge < -0.3 is 4.90 Å². The van der Waals surface area contributed by atoms with Crippen molar-refractivity contribution in [2.45, 2.75) is 27.7 Å². The molecule has 1 amide bonds. The van der Waals surface area contributed by atoms with Crippen LogP contribution in [0.1, 0.15) is 35.6 Å². The van der Waals surface area contributed by atoms with Gasteiger partial charge in [0.2, 0.25) is 0 Å². The molecule has 0 bridgehead atoms. The average Bonchev–Trinajstić information content (AvgIpc) is 2.68. The second-order valence-electron chi connectivity index (χ2n) is 4.41. The zero-order valence-corrected chi connectivity index (χ0v) is 11.4. The minimum Gasteiger partial charge on any atom is -0.338 e. The minimum atomic E-state index is 0.0515. The maximum absolute atomic E-state index is 12.5. The molecule has 0 spiro atoms. The molecule has 4 heteroatoms. The maximum Gasteiger partial charge on any atom is 0.272 e. The summed E-state index contributed by atoms with van der Waals surface area (Å²) in [6.45, 7) is 9.31. The Morgan fingerprint density at radius 1 is 1.33 bits per heavy atom. The maximum atomic E-state index is 12.5. The van der Waals surface area contributed by atoms with Crippen molar-refractivity contribution in [3.63, 3.8) is 0 Å². The summed E-state index contributed by atoms with van der Waals surface area (Å²) in [7, 11) is 0. The lowest BCUT2D eigenvalue weighted by atomic mass is 10.3. The summed E-state index contributed by atoms with van der Waals surface area (Å²) < 4.78 is 1.89. The summed E-state index contributed by atoms with van der Waals surface area (Å²) in [6.07, 6.45) is 1.90. The van der Waals surface area contributed by atoms with Gasteiger partial charge in [-0.2, -0.15) is 0 Å². The zero-order chi connectivity index (χ0) is 13.3. The van der Waals surface area contributed by atoms with Gasteiger partial charge in [-0.25, -0.2) is 4.98 Å². The Morgan fingerprint density at radius 3 is 2.61 bits per heavy atom. The number of imidazole rings is 1. The van der Waals surface area contributed by atoms with Crippen LogP contribution in [0.3, 0.4) is 0 Å². The van der Waals surface area contributed by atoms with E-state index in [0.717, 1.165) is 16.9 Å². The molecule has 0 aliphatic rings. The van der Waals surface area contributed by atoms with Crippen LogP contribution in [0.15, 0.2) is 18.3 Å². The monoisotopic (exact) mass is 245 g/mol. The van der Waals surface area contributed by atoms with E-state index in [-0.39, 0.29) is 5.91 Å². The summed E-state index contributed by atoms with van der Waals surface area (Å²) in [4.78, 5) is 18.8. The van der Waals surface area contributed by atoms with Crippen molar-refractivity contribution >= 4 is 11.6 Å². The Bertz CT molecular complexity index is 582. The van der Waals surface area contributed by atoms with Gasteiger partial charge in [0, 0.05) is 19.3 Å². The molecule has 0 radical (unpaired) electrons. The molecular weight excluding hydrogens is 226 g/mol. The zero-order valence-electron chi connectivity index (χ0n) is 11.4. The molecule has 0 unspecified atom stereocenters. The highest BCUT2D eigenvalue weighted by Crippen LogP contribution is 2.16. The van der Waals surface area contributed by atoms with Gasteiger partial charge in [-0.1, -0.05) is 6.07 Å². The van der Waals surface area contributed by atoms with Crippen molar-refractivity contribution in [1.29, 1.82) is 0 Å². The molecule has 2 rings (SSSR count). The van der Waals surface area contributed by atoms with E-state index < -0.39 is 0 Å². The second kappa shape index (κ2) is 4.80. The number of nitrogens with zero attached hydrogens (tertiary/aromatic N) is 3. The first-order valence-corrected chi connectivity index (χ1v) is 6.33. The van der Waals surface area contributed by atoms with Crippen LogP contribution in [0.2, 0.25) is 0 Å². The van der Waals surface area contributed by atoms with Crippen molar-refractivity contribution in [2.24, 2.45) is 0 Å². The van der Waals surface area contributed by atoms with Crippen LogP contribution in [0.5, 0.6) is 0 Å². The first-order chi connectivity index (χ1) is 8.60. The largest absolute Gasteiger partial charge is 0.338 e. The van der Waals surface area contributed by atoms with Crippen LogP contribution >= 0.6 is 0 Å². The molecular formula is C14H19N3O. The lowest BCUT2D eigenvalue weighted by Crippen LogP contribution is -2.31. The standard InChI is InChI=1S/C14H19N3O/c1-5-16(6-2)14(18)12-11(4)15-13-10(3)8-7-9-17(12)13/h7-9H,5-6H2,1-4H3. The number of aromatic nitrogens is 2. The van der Waals surface area contributed by atoms with Crippen LogP contribution in [0.25, 0.3) is 5.65 Å². The summed E-state index contributed by atoms with van der Waals surface area (Å²) >= 11 is 0. The molecule has 2 aromatic rings. The predicted molar refractivity (Wildman–Crippen MR) is 71.9 cm³/mol. The van der Waals surface area contributed by atoms with Gasteiger partial charge in [0.1, 0.15) is 11.3 Å². The van der Waals surface area contributed by atoms with Gasteiger partial charge in [-0.3, -0.25) is 9.20 Å². The Hall–Kier alpha value is -1.84. The van der Waals surface area contributed by atoms with E-state index in [1.165, 1.54) is 0 Å². The molecule has 0 saturated carbocycles. The second-order valence-corrected chi connectivity index (χ2v) is 4.41. The highest BCUT2D eigenvalue weighted by atomic mass is 16.2. The topological polar surface area (TPSA) is 37.6 Å². The highest BCUT2D eigenvalue weighted by molar-refractivity contribution is 5.94. The van der Waals surface area contributed by atoms with E-state index in [4.69, 9.17) is 0 Å². The number of aryl methyl sites for hydroxylation is 2. The number of fused-ring (bicyclic) bond motifs is 1. The molecule has 0 aliphatic heterocycles. The van der Waals surface area contributed by atoms with E-state index in [9.17, 15) is 4.79 Å². The number of pyridine rings is 1. The summed E-state index contributed by atoms with van der Waals surface area (Å²) in [6, 6.07) is 3.95. The lowest BCUT2D eigenvalue weighted by Gasteiger charge is -2.18. The Labute approximate surface area is 107 Å². The molecule has 0 atom stereocenters. The fourth-order valence-electron chi connectivity index (χ4n) is 2.24. The molecule has 2 heterocycles. The molecule has 2 aromatic heterocycles. The van der Waals surface area contributed by atoms with Crippen LogP contribution in [0, 0.1) is 13.8 Å². The normalized spacial score (nSPS) is 10.9. The van der Waals surface area contributed by atoms with Crippen LogP contribution < -0.4 is 0 Å². The SMILES string of the molecule is CCN(CC)C(=O)c1c(C)nc2c(C)cccn12. The fraction of sp³-hybridized carbons (Fsp3) is 0.429. The van der Waals surface area contributed by atoms with E-state index in [1.807, 2.05) is 55.3 Å². The third-order valence-corrected chi connectivity index (χ3v) is 3.27.